The van der Waals surface area contributed by atoms with E-state index < -0.39 is 12.2 Å². The standard InChI is InChI=1S/C8H16O4/c1-2-11-12-5-6-3-7(9)8(10)4-6/h6-10H,2-5H2,1H3. The van der Waals surface area contributed by atoms with Gasteiger partial charge in [-0.3, -0.25) is 0 Å². The Labute approximate surface area is 72.0 Å². The van der Waals surface area contributed by atoms with Crippen molar-refractivity contribution in [3.8, 4) is 0 Å². The van der Waals surface area contributed by atoms with E-state index in [4.69, 9.17) is 9.78 Å². The zero-order chi connectivity index (χ0) is 8.97. The zero-order valence-corrected chi connectivity index (χ0v) is 7.27. The number of aliphatic hydroxyl groups is 2. The molecule has 2 atom stereocenters. The minimum absolute atomic E-state index is 0.224. The monoisotopic (exact) mass is 176 g/mol. The molecule has 0 amide bonds. The molecule has 1 aliphatic carbocycles. The van der Waals surface area contributed by atoms with Crippen LogP contribution in [0.5, 0.6) is 0 Å². The van der Waals surface area contributed by atoms with Crippen LogP contribution >= 0.6 is 0 Å². The molecule has 0 spiro atoms. The van der Waals surface area contributed by atoms with Gasteiger partial charge in [0.25, 0.3) is 0 Å². The second-order valence-electron chi connectivity index (χ2n) is 3.16. The Kier molecular flexibility index (Phi) is 3.94. The van der Waals surface area contributed by atoms with Gasteiger partial charge in [-0.05, 0) is 25.7 Å². The topological polar surface area (TPSA) is 58.9 Å². The average Bonchev–Trinajstić information content (AvgIpc) is 2.32. The van der Waals surface area contributed by atoms with E-state index in [0.29, 0.717) is 26.1 Å². The Morgan fingerprint density at radius 1 is 1.17 bits per heavy atom. The fourth-order valence-corrected chi connectivity index (χ4v) is 1.46. The normalized spacial score (nSPS) is 35.8. The van der Waals surface area contributed by atoms with Crippen LogP contribution in [0.25, 0.3) is 0 Å². The molecule has 0 saturated heterocycles. The maximum absolute atomic E-state index is 9.18. The molecule has 0 aliphatic heterocycles. The first-order chi connectivity index (χ1) is 5.74. The van der Waals surface area contributed by atoms with Crippen LogP contribution in [-0.2, 0) is 9.78 Å². The summed E-state index contributed by atoms with van der Waals surface area (Å²) in [6.45, 7) is 2.83. The molecule has 1 rings (SSSR count). The quantitative estimate of drug-likeness (QED) is 0.362. The van der Waals surface area contributed by atoms with Crippen LogP contribution in [0.2, 0.25) is 0 Å². The van der Waals surface area contributed by atoms with Gasteiger partial charge >= 0.3 is 0 Å². The van der Waals surface area contributed by atoms with Gasteiger partial charge < -0.3 is 10.2 Å². The lowest BCUT2D eigenvalue weighted by Gasteiger charge is -2.07. The Balaban J connectivity index is 2.10. The van der Waals surface area contributed by atoms with Crippen molar-refractivity contribution in [3.63, 3.8) is 0 Å². The van der Waals surface area contributed by atoms with Crippen molar-refractivity contribution in [1.82, 2.24) is 0 Å². The van der Waals surface area contributed by atoms with E-state index in [-0.39, 0.29) is 5.92 Å². The van der Waals surface area contributed by atoms with E-state index >= 15 is 0 Å². The van der Waals surface area contributed by atoms with Crippen molar-refractivity contribution in [2.75, 3.05) is 13.2 Å². The summed E-state index contributed by atoms with van der Waals surface area (Å²) in [6.07, 6.45) is 0.0445. The molecular formula is C8H16O4. The van der Waals surface area contributed by atoms with Gasteiger partial charge in [0, 0.05) is 0 Å². The summed E-state index contributed by atoms with van der Waals surface area (Å²) < 4.78 is 0. The fraction of sp³-hybridized carbons (Fsp3) is 1.00. The summed E-state index contributed by atoms with van der Waals surface area (Å²) in [5.74, 6) is 0.224. The number of aliphatic hydroxyl groups excluding tert-OH is 2. The first-order valence-corrected chi connectivity index (χ1v) is 4.34. The molecule has 72 valence electrons. The van der Waals surface area contributed by atoms with Crippen LogP contribution in [0.1, 0.15) is 19.8 Å². The number of hydrogen-bond acceptors (Lipinski definition) is 4. The summed E-state index contributed by atoms with van der Waals surface area (Å²) in [5.41, 5.74) is 0. The highest BCUT2D eigenvalue weighted by atomic mass is 17.2. The highest BCUT2D eigenvalue weighted by molar-refractivity contribution is 4.82. The SMILES string of the molecule is CCOOCC1CC(O)C(O)C1. The number of hydrogen-bond donors (Lipinski definition) is 2. The second-order valence-corrected chi connectivity index (χ2v) is 3.16. The van der Waals surface area contributed by atoms with Crippen LogP contribution in [-0.4, -0.2) is 35.6 Å². The fourth-order valence-electron chi connectivity index (χ4n) is 1.46. The molecule has 12 heavy (non-hydrogen) atoms. The van der Waals surface area contributed by atoms with Gasteiger partial charge in [-0.2, -0.15) is 0 Å². The minimum Gasteiger partial charge on any atom is -0.390 e. The predicted octanol–water partition coefficient (Wildman–Crippen LogP) is 0.0863. The lowest BCUT2D eigenvalue weighted by Crippen LogP contribution is -2.17. The van der Waals surface area contributed by atoms with Gasteiger partial charge in [-0.1, -0.05) is 0 Å². The molecule has 1 fully saturated rings. The molecular weight excluding hydrogens is 160 g/mol. The van der Waals surface area contributed by atoms with E-state index in [1.54, 1.807) is 0 Å². The lowest BCUT2D eigenvalue weighted by molar-refractivity contribution is -0.298. The molecule has 0 heterocycles. The molecule has 1 saturated carbocycles. The summed E-state index contributed by atoms with van der Waals surface area (Å²) in [5, 5.41) is 18.4. The smallest absolute Gasteiger partial charge is 0.0852 e. The highest BCUT2D eigenvalue weighted by Crippen LogP contribution is 2.25. The van der Waals surface area contributed by atoms with E-state index in [1.807, 2.05) is 6.92 Å². The van der Waals surface area contributed by atoms with Crippen molar-refractivity contribution < 1.29 is 20.0 Å². The van der Waals surface area contributed by atoms with E-state index in [1.165, 1.54) is 0 Å². The molecule has 0 aromatic carbocycles. The lowest BCUT2D eigenvalue weighted by atomic mass is 10.1. The first-order valence-electron chi connectivity index (χ1n) is 4.34. The van der Waals surface area contributed by atoms with Crippen LogP contribution in [0, 0.1) is 5.92 Å². The number of rotatable bonds is 4. The summed E-state index contributed by atoms with van der Waals surface area (Å²) in [6, 6.07) is 0. The maximum Gasteiger partial charge on any atom is 0.0852 e. The third-order valence-electron chi connectivity index (χ3n) is 2.10. The minimum atomic E-state index is -0.583. The highest BCUT2D eigenvalue weighted by Gasteiger charge is 2.31. The predicted molar refractivity (Wildman–Crippen MR) is 42.3 cm³/mol. The first kappa shape index (κ1) is 9.92. The van der Waals surface area contributed by atoms with Gasteiger partial charge in [-0.15, -0.1) is 0 Å². The van der Waals surface area contributed by atoms with Crippen LogP contribution in [0.15, 0.2) is 0 Å². The molecule has 0 aromatic rings. The van der Waals surface area contributed by atoms with E-state index in [2.05, 4.69) is 0 Å². The van der Waals surface area contributed by atoms with Crippen molar-refractivity contribution in [2.24, 2.45) is 5.92 Å². The Bertz CT molecular complexity index is 118. The van der Waals surface area contributed by atoms with Gasteiger partial charge in [0.1, 0.15) is 0 Å². The van der Waals surface area contributed by atoms with Crippen molar-refractivity contribution in [2.45, 2.75) is 32.0 Å². The Morgan fingerprint density at radius 3 is 2.25 bits per heavy atom. The molecule has 1 aliphatic rings. The summed E-state index contributed by atoms with van der Waals surface area (Å²) >= 11 is 0. The van der Waals surface area contributed by atoms with Gasteiger partial charge in [-0.25, -0.2) is 9.78 Å². The third kappa shape index (κ3) is 2.71. The molecule has 4 heteroatoms. The van der Waals surface area contributed by atoms with Crippen LogP contribution in [0.3, 0.4) is 0 Å². The average molecular weight is 176 g/mol. The van der Waals surface area contributed by atoms with Gasteiger partial charge in [0.05, 0.1) is 25.4 Å². The van der Waals surface area contributed by atoms with E-state index in [0.717, 1.165) is 0 Å². The van der Waals surface area contributed by atoms with Gasteiger partial charge in [0.2, 0.25) is 0 Å². The third-order valence-corrected chi connectivity index (χ3v) is 2.10. The van der Waals surface area contributed by atoms with Crippen LogP contribution < -0.4 is 0 Å². The Hall–Kier alpha value is -0.160. The van der Waals surface area contributed by atoms with Crippen LogP contribution in [0.4, 0.5) is 0 Å². The van der Waals surface area contributed by atoms with E-state index in [9.17, 15) is 10.2 Å². The summed E-state index contributed by atoms with van der Waals surface area (Å²) in [4.78, 5) is 9.54. The van der Waals surface area contributed by atoms with Crippen molar-refractivity contribution >= 4 is 0 Å². The second kappa shape index (κ2) is 4.77. The molecule has 0 radical (unpaired) electrons. The largest absolute Gasteiger partial charge is 0.390 e. The molecule has 2 unspecified atom stereocenters. The zero-order valence-electron chi connectivity index (χ0n) is 7.27. The molecule has 4 nitrogen and oxygen atoms in total. The maximum atomic E-state index is 9.18. The summed E-state index contributed by atoms with van der Waals surface area (Å²) in [7, 11) is 0. The Morgan fingerprint density at radius 2 is 1.75 bits per heavy atom. The van der Waals surface area contributed by atoms with Crippen molar-refractivity contribution in [3.05, 3.63) is 0 Å². The molecule has 0 bridgehead atoms. The van der Waals surface area contributed by atoms with Crippen molar-refractivity contribution in [1.29, 1.82) is 0 Å². The molecule has 2 N–H and O–H groups in total. The van der Waals surface area contributed by atoms with Gasteiger partial charge in [0.15, 0.2) is 0 Å². The molecule has 0 aromatic heterocycles.